The van der Waals surface area contributed by atoms with Gasteiger partial charge in [0.1, 0.15) is 0 Å². The van der Waals surface area contributed by atoms with Gasteiger partial charge >= 0.3 is 0 Å². The molecule has 0 heteroatoms. The highest BCUT2D eigenvalue weighted by Gasteiger charge is 2.05. The Hall–Kier alpha value is -1.30. The van der Waals surface area contributed by atoms with Gasteiger partial charge in [-0.05, 0) is 27.6 Å². The van der Waals surface area contributed by atoms with E-state index in [4.69, 9.17) is 0 Å². The molecule has 46 valence electrons. The second-order valence-electron chi connectivity index (χ2n) is 2.74. The predicted molar refractivity (Wildman–Crippen MR) is 43.8 cm³/mol. The molecule has 0 saturated heterocycles. The van der Waals surface area contributed by atoms with Gasteiger partial charge in [-0.25, -0.2) is 0 Å². The van der Waals surface area contributed by atoms with Crippen molar-refractivity contribution in [1.29, 1.82) is 0 Å². The molecule has 0 radical (unpaired) electrons. The van der Waals surface area contributed by atoms with Crippen LogP contribution in [0.3, 0.4) is 0 Å². The third-order valence-corrected chi connectivity index (χ3v) is 2.11. The first-order valence-electron chi connectivity index (χ1n) is 3.48. The first kappa shape index (κ1) is 4.51. The Morgan fingerprint density at radius 1 is 0.700 bits per heavy atom. The van der Waals surface area contributed by atoms with Crippen molar-refractivity contribution in [2.75, 3.05) is 0 Å². The first-order chi connectivity index (χ1) is 4.95. The molecule has 0 bridgehead atoms. The molecule has 10 heavy (non-hydrogen) atoms. The monoisotopic (exact) mass is 126 g/mol. The molecule has 0 unspecified atom stereocenters. The normalized spacial score (nSPS) is 12.0. The van der Waals surface area contributed by atoms with Gasteiger partial charge in [0.05, 0.1) is 0 Å². The summed E-state index contributed by atoms with van der Waals surface area (Å²) in [5.41, 5.74) is 0. The van der Waals surface area contributed by atoms with E-state index in [1.807, 2.05) is 0 Å². The van der Waals surface area contributed by atoms with E-state index in [-0.39, 0.29) is 0 Å². The van der Waals surface area contributed by atoms with Crippen LogP contribution < -0.4 is 0 Å². The van der Waals surface area contributed by atoms with Crippen LogP contribution in [0, 0.1) is 0 Å². The quantitative estimate of drug-likeness (QED) is 0.434. The van der Waals surface area contributed by atoms with Crippen molar-refractivity contribution in [2.45, 2.75) is 0 Å². The van der Waals surface area contributed by atoms with Crippen LogP contribution in [-0.4, -0.2) is 0 Å². The van der Waals surface area contributed by atoms with E-state index in [0.717, 1.165) is 0 Å². The molecule has 0 heterocycles. The van der Waals surface area contributed by atoms with Crippen LogP contribution >= 0.6 is 0 Å². The van der Waals surface area contributed by atoms with E-state index in [1.54, 1.807) is 0 Å². The third kappa shape index (κ3) is 0.388. The van der Waals surface area contributed by atoms with E-state index >= 15 is 0 Å². The lowest BCUT2D eigenvalue weighted by molar-refractivity contribution is 2.02. The second-order valence-corrected chi connectivity index (χ2v) is 2.74. The molecule has 3 rings (SSSR count). The summed E-state index contributed by atoms with van der Waals surface area (Å²) in [6, 6.07) is 13.0. The minimum atomic E-state index is 1.37. The van der Waals surface area contributed by atoms with Crippen LogP contribution in [0.25, 0.3) is 21.5 Å². The van der Waals surface area contributed by atoms with Gasteiger partial charge in [0.25, 0.3) is 0 Å². The van der Waals surface area contributed by atoms with Crippen LogP contribution in [0.2, 0.25) is 0 Å². The molecule has 0 N–H and O–H groups in total. The Bertz CT molecular complexity index is 453. The zero-order valence-corrected chi connectivity index (χ0v) is 5.46. The van der Waals surface area contributed by atoms with E-state index < -0.39 is 0 Å². The standard InChI is InChI=1S/C10H6/c1-2-7-4-5-8-6-10(8)9(7)3-1/h1-6H. The van der Waals surface area contributed by atoms with Gasteiger partial charge in [0.15, 0.2) is 0 Å². The zero-order valence-electron chi connectivity index (χ0n) is 5.46. The van der Waals surface area contributed by atoms with E-state index in [1.165, 1.54) is 21.5 Å². The SMILES string of the molecule is c1cc2ccc3cc3c2c1. The summed E-state index contributed by atoms with van der Waals surface area (Å²) in [6.45, 7) is 0. The number of rotatable bonds is 0. The molecule has 0 fully saturated rings. The van der Waals surface area contributed by atoms with Gasteiger partial charge in [-0.1, -0.05) is 30.3 Å². The summed E-state index contributed by atoms with van der Waals surface area (Å²) in [5.74, 6) is 0. The topological polar surface area (TPSA) is 0 Å². The van der Waals surface area contributed by atoms with Crippen LogP contribution in [-0.2, 0) is 0 Å². The van der Waals surface area contributed by atoms with Crippen molar-refractivity contribution >= 4 is 21.5 Å². The van der Waals surface area contributed by atoms with E-state index in [0.29, 0.717) is 0 Å². The van der Waals surface area contributed by atoms with Gasteiger partial charge in [0, 0.05) is 0 Å². The maximum atomic E-state index is 2.22. The van der Waals surface area contributed by atoms with Gasteiger partial charge in [-0.15, -0.1) is 0 Å². The molecule has 0 aliphatic carbocycles. The lowest BCUT2D eigenvalue weighted by Crippen LogP contribution is -1.54. The molecule has 0 aliphatic heterocycles. The number of hydrogen-bond donors (Lipinski definition) is 0. The Balaban J connectivity index is 2.74. The highest BCUT2D eigenvalue weighted by atomic mass is 14.1. The first-order valence-corrected chi connectivity index (χ1v) is 3.48. The van der Waals surface area contributed by atoms with Gasteiger partial charge in [-0.2, -0.15) is 0 Å². The second kappa shape index (κ2) is 1.24. The summed E-state index contributed by atoms with van der Waals surface area (Å²) >= 11 is 0. The number of fused-ring (bicyclic) bond motifs is 3. The van der Waals surface area contributed by atoms with Crippen molar-refractivity contribution in [2.24, 2.45) is 0 Å². The molecule has 0 saturated carbocycles. The van der Waals surface area contributed by atoms with E-state index in [2.05, 4.69) is 36.4 Å². The van der Waals surface area contributed by atoms with Crippen LogP contribution in [0.4, 0.5) is 0 Å². The number of hydrogen-bond acceptors (Lipinski definition) is 0. The summed E-state index contributed by atoms with van der Waals surface area (Å²) < 4.78 is 0. The molecule has 0 aliphatic rings. The molecular weight excluding hydrogens is 120 g/mol. The van der Waals surface area contributed by atoms with E-state index in [9.17, 15) is 0 Å². The summed E-state index contributed by atoms with van der Waals surface area (Å²) in [6.07, 6.45) is 0. The zero-order chi connectivity index (χ0) is 6.55. The van der Waals surface area contributed by atoms with Gasteiger partial charge < -0.3 is 0 Å². The van der Waals surface area contributed by atoms with Crippen molar-refractivity contribution in [1.82, 2.24) is 0 Å². The molecule has 0 nitrogen and oxygen atoms in total. The Kier molecular flexibility index (Phi) is 0.558. The van der Waals surface area contributed by atoms with Crippen LogP contribution in [0.5, 0.6) is 0 Å². The minimum absolute atomic E-state index is 1.37. The minimum Gasteiger partial charge on any atom is -0.0610 e. The molecule has 3 aromatic carbocycles. The maximum Gasteiger partial charge on any atom is -0.00990 e. The maximum absolute atomic E-state index is 2.22. The molecule has 0 atom stereocenters. The lowest BCUT2D eigenvalue weighted by Gasteiger charge is -1.82. The molecule has 0 spiro atoms. The fourth-order valence-electron chi connectivity index (χ4n) is 1.49. The number of benzene rings is 1. The largest absolute Gasteiger partial charge is 0.0610 e. The predicted octanol–water partition coefficient (Wildman–Crippen LogP) is 2.87. The molecule has 3 aromatic rings. The lowest BCUT2D eigenvalue weighted by atomic mass is 10.2. The Labute approximate surface area is 58.8 Å². The third-order valence-electron chi connectivity index (χ3n) is 2.11. The average molecular weight is 126 g/mol. The van der Waals surface area contributed by atoms with Crippen molar-refractivity contribution in [3.63, 3.8) is 0 Å². The smallest absolute Gasteiger partial charge is 0.00990 e. The Morgan fingerprint density at radius 2 is 1.60 bits per heavy atom. The fraction of sp³-hybridized carbons (Fsp3) is 0. The van der Waals surface area contributed by atoms with Gasteiger partial charge in [0.2, 0.25) is 0 Å². The summed E-state index contributed by atoms with van der Waals surface area (Å²) in [4.78, 5) is 0. The molecule has 0 amide bonds. The van der Waals surface area contributed by atoms with Crippen molar-refractivity contribution in [3.8, 4) is 0 Å². The highest BCUT2D eigenvalue weighted by Crippen LogP contribution is 2.32. The van der Waals surface area contributed by atoms with Crippen molar-refractivity contribution < 1.29 is 0 Å². The van der Waals surface area contributed by atoms with Crippen LogP contribution in [0.1, 0.15) is 0 Å². The molecular formula is C10H6. The average Bonchev–Trinajstić information content (AvgIpc) is 2.60. The van der Waals surface area contributed by atoms with Gasteiger partial charge in [-0.3, -0.25) is 0 Å². The van der Waals surface area contributed by atoms with Crippen molar-refractivity contribution in [3.05, 3.63) is 36.4 Å². The summed E-state index contributed by atoms with van der Waals surface area (Å²) in [5, 5.41) is 5.64. The van der Waals surface area contributed by atoms with Crippen LogP contribution in [0.15, 0.2) is 36.4 Å². The fourth-order valence-corrected chi connectivity index (χ4v) is 1.49. The summed E-state index contributed by atoms with van der Waals surface area (Å²) in [7, 11) is 0. The molecule has 0 aromatic heterocycles. The highest BCUT2D eigenvalue weighted by molar-refractivity contribution is 6.16. The Morgan fingerprint density at radius 3 is 2.60 bits per heavy atom.